The van der Waals surface area contributed by atoms with Crippen LogP contribution in [-0.2, 0) is 24.3 Å². The number of carbonyl (C=O) groups excluding carboxylic acids is 2. The summed E-state index contributed by atoms with van der Waals surface area (Å²) in [4.78, 5) is 23.3. The first-order chi connectivity index (χ1) is 14.9. The van der Waals surface area contributed by atoms with Crippen LogP contribution in [-0.4, -0.2) is 51.8 Å². The molecule has 1 amide bonds. The summed E-state index contributed by atoms with van der Waals surface area (Å²) in [6.07, 6.45) is 3.10. The van der Waals surface area contributed by atoms with Crippen LogP contribution in [0.2, 0.25) is 0 Å². The number of fused-ring (bicyclic) bond motifs is 1. The van der Waals surface area contributed by atoms with Crippen molar-refractivity contribution >= 4 is 27.7 Å². The number of sulfonamides is 1. The van der Waals surface area contributed by atoms with Crippen LogP contribution < -0.4 is 19.5 Å². The second-order valence-corrected chi connectivity index (χ2v) is 8.37. The number of aromatic nitrogens is 1. The fourth-order valence-electron chi connectivity index (χ4n) is 2.73. The Labute approximate surface area is 179 Å². The zero-order valence-corrected chi connectivity index (χ0v) is 17.5. The molecule has 0 saturated carbocycles. The Morgan fingerprint density at radius 1 is 1.06 bits per heavy atom. The smallest absolute Gasteiger partial charge is 0.306 e. The lowest BCUT2D eigenvalue weighted by Gasteiger charge is -2.18. The van der Waals surface area contributed by atoms with Crippen molar-refractivity contribution in [2.45, 2.75) is 30.6 Å². The molecular formula is C19H23N3O8S. The molecule has 0 radical (unpaired) electrons. The number of unbranched alkanes of at least 4 members (excludes halogenated alkanes) is 2. The number of ether oxygens (including phenoxy) is 3. The average molecular weight is 453 g/mol. The number of anilines is 1. The highest BCUT2D eigenvalue weighted by molar-refractivity contribution is 7.89. The molecule has 0 atom stereocenters. The van der Waals surface area contributed by atoms with Crippen LogP contribution >= 0.6 is 0 Å². The van der Waals surface area contributed by atoms with E-state index in [9.17, 15) is 18.0 Å². The number of amides is 1. The monoisotopic (exact) mass is 453 g/mol. The van der Waals surface area contributed by atoms with Crippen molar-refractivity contribution < 1.29 is 36.7 Å². The largest absolute Gasteiger partial charge is 0.486 e. The van der Waals surface area contributed by atoms with Gasteiger partial charge < -0.3 is 24.1 Å². The molecule has 12 heteroatoms. The van der Waals surface area contributed by atoms with Gasteiger partial charge in [-0.3, -0.25) is 9.59 Å². The summed E-state index contributed by atoms with van der Waals surface area (Å²) in [7, 11) is -3.67. The van der Waals surface area contributed by atoms with Gasteiger partial charge in [0.15, 0.2) is 23.9 Å². The van der Waals surface area contributed by atoms with Crippen molar-refractivity contribution in [3.63, 3.8) is 0 Å². The fourth-order valence-corrected chi connectivity index (χ4v) is 3.82. The molecule has 2 N–H and O–H groups in total. The van der Waals surface area contributed by atoms with Crippen molar-refractivity contribution in [1.82, 2.24) is 9.88 Å². The Morgan fingerprint density at radius 3 is 2.65 bits per heavy atom. The second-order valence-electron chi connectivity index (χ2n) is 6.61. The molecule has 168 valence electrons. The first-order valence-corrected chi connectivity index (χ1v) is 11.2. The zero-order chi connectivity index (χ0) is 22.1. The van der Waals surface area contributed by atoms with Gasteiger partial charge in [-0.05, 0) is 25.0 Å². The summed E-state index contributed by atoms with van der Waals surface area (Å²) < 4.78 is 47.5. The number of rotatable bonds is 11. The Morgan fingerprint density at radius 2 is 1.87 bits per heavy atom. The summed E-state index contributed by atoms with van der Waals surface area (Å²) in [6, 6.07) is 5.93. The van der Waals surface area contributed by atoms with E-state index in [2.05, 4.69) is 19.7 Å². The van der Waals surface area contributed by atoms with Gasteiger partial charge in [0.2, 0.25) is 10.0 Å². The van der Waals surface area contributed by atoms with E-state index in [-0.39, 0.29) is 23.7 Å². The van der Waals surface area contributed by atoms with E-state index < -0.39 is 28.5 Å². The van der Waals surface area contributed by atoms with E-state index in [4.69, 9.17) is 14.2 Å². The average Bonchev–Trinajstić information content (AvgIpc) is 3.27. The van der Waals surface area contributed by atoms with Gasteiger partial charge in [-0.25, -0.2) is 13.1 Å². The number of carbonyl (C=O) groups is 2. The molecule has 1 aliphatic heterocycles. The molecule has 0 spiro atoms. The predicted molar refractivity (Wildman–Crippen MR) is 107 cm³/mol. The van der Waals surface area contributed by atoms with Crippen LogP contribution in [0.4, 0.5) is 5.82 Å². The minimum Gasteiger partial charge on any atom is -0.486 e. The Balaban J connectivity index is 1.29. The highest BCUT2D eigenvalue weighted by Crippen LogP contribution is 2.32. The van der Waals surface area contributed by atoms with Crippen molar-refractivity contribution in [3.05, 3.63) is 30.5 Å². The van der Waals surface area contributed by atoms with E-state index in [0.717, 1.165) is 0 Å². The maximum absolute atomic E-state index is 12.4. The van der Waals surface area contributed by atoms with E-state index in [0.29, 0.717) is 44.0 Å². The Hall–Kier alpha value is -3.12. The Bertz CT molecular complexity index is 992. The van der Waals surface area contributed by atoms with Gasteiger partial charge in [-0.15, -0.1) is 0 Å². The number of hydrogen-bond donors (Lipinski definition) is 2. The number of benzene rings is 1. The first-order valence-electron chi connectivity index (χ1n) is 9.69. The highest BCUT2D eigenvalue weighted by Gasteiger charge is 2.19. The summed E-state index contributed by atoms with van der Waals surface area (Å²) in [5, 5.41) is 5.91. The van der Waals surface area contributed by atoms with Gasteiger partial charge >= 0.3 is 5.97 Å². The normalized spacial score (nSPS) is 12.9. The topological polar surface area (TPSA) is 146 Å². The molecular weight excluding hydrogens is 430 g/mol. The van der Waals surface area contributed by atoms with Crippen LogP contribution in [0, 0.1) is 0 Å². The van der Waals surface area contributed by atoms with E-state index in [1.54, 1.807) is 6.07 Å². The van der Waals surface area contributed by atoms with Crippen molar-refractivity contribution in [1.29, 1.82) is 0 Å². The number of nitrogens with one attached hydrogen (secondary N) is 2. The lowest BCUT2D eigenvalue weighted by molar-refractivity contribution is -0.147. The molecule has 0 fully saturated rings. The zero-order valence-electron chi connectivity index (χ0n) is 16.7. The van der Waals surface area contributed by atoms with Gasteiger partial charge in [-0.2, -0.15) is 0 Å². The van der Waals surface area contributed by atoms with Gasteiger partial charge in [0.05, 0.1) is 4.90 Å². The van der Waals surface area contributed by atoms with Gasteiger partial charge in [-0.1, -0.05) is 11.6 Å². The molecule has 0 unspecified atom stereocenters. The van der Waals surface area contributed by atoms with E-state index in [1.807, 2.05) is 0 Å². The molecule has 0 saturated heterocycles. The van der Waals surface area contributed by atoms with Crippen LogP contribution in [0.1, 0.15) is 25.7 Å². The molecule has 2 heterocycles. The second kappa shape index (κ2) is 10.8. The SMILES string of the molecule is O=C(COC(=O)CCCCCNS(=O)(=O)c1ccc2c(c1)OCCO2)Nc1ccon1. The summed E-state index contributed by atoms with van der Waals surface area (Å²) in [6.45, 7) is 0.618. The molecule has 1 aliphatic rings. The third kappa shape index (κ3) is 6.96. The van der Waals surface area contributed by atoms with Gasteiger partial charge in [0.25, 0.3) is 5.91 Å². The minimum absolute atomic E-state index is 0.101. The Kier molecular flexibility index (Phi) is 7.84. The number of hydrogen-bond acceptors (Lipinski definition) is 9. The number of nitrogens with zero attached hydrogens (tertiary/aromatic N) is 1. The standard InChI is InChI=1S/C19H23N3O8S/c23-18(21-17-7-9-30-22-17)13-29-19(24)4-2-1-3-8-20-31(25,26)14-5-6-15-16(12-14)28-11-10-27-15/h5-7,9,12,20H,1-4,8,10-11,13H2,(H,21,22,23). The maximum atomic E-state index is 12.4. The molecule has 1 aromatic heterocycles. The molecule has 31 heavy (non-hydrogen) atoms. The lowest BCUT2D eigenvalue weighted by atomic mass is 10.2. The van der Waals surface area contributed by atoms with Crippen molar-refractivity contribution in [2.75, 3.05) is 31.7 Å². The summed E-state index contributed by atoms with van der Waals surface area (Å²) in [5.41, 5.74) is 0. The summed E-state index contributed by atoms with van der Waals surface area (Å²) >= 11 is 0. The van der Waals surface area contributed by atoms with Gasteiger partial charge in [0.1, 0.15) is 19.5 Å². The predicted octanol–water partition coefficient (Wildman–Crippen LogP) is 1.47. The first kappa shape index (κ1) is 22.6. The third-order valence-electron chi connectivity index (χ3n) is 4.24. The molecule has 1 aromatic carbocycles. The quantitative estimate of drug-likeness (QED) is 0.381. The third-order valence-corrected chi connectivity index (χ3v) is 5.70. The number of esters is 1. The molecule has 0 aliphatic carbocycles. The van der Waals surface area contributed by atoms with Crippen LogP contribution in [0.15, 0.2) is 39.9 Å². The van der Waals surface area contributed by atoms with Crippen molar-refractivity contribution in [3.8, 4) is 11.5 Å². The van der Waals surface area contributed by atoms with E-state index in [1.165, 1.54) is 24.5 Å². The van der Waals surface area contributed by atoms with Crippen LogP contribution in [0.3, 0.4) is 0 Å². The van der Waals surface area contributed by atoms with Crippen LogP contribution in [0.25, 0.3) is 0 Å². The van der Waals surface area contributed by atoms with Crippen LogP contribution in [0.5, 0.6) is 11.5 Å². The minimum atomic E-state index is -3.67. The summed E-state index contributed by atoms with van der Waals surface area (Å²) in [5.74, 6) is 0.137. The molecule has 2 aromatic rings. The van der Waals surface area contributed by atoms with E-state index >= 15 is 0 Å². The molecule has 0 bridgehead atoms. The molecule has 11 nitrogen and oxygen atoms in total. The van der Waals surface area contributed by atoms with Gasteiger partial charge in [0, 0.05) is 25.1 Å². The molecule has 3 rings (SSSR count). The maximum Gasteiger partial charge on any atom is 0.306 e. The highest BCUT2D eigenvalue weighted by atomic mass is 32.2. The fraction of sp³-hybridized carbons (Fsp3) is 0.421. The van der Waals surface area contributed by atoms with Crippen molar-refractivity contribution in [2.24, 2.45) is 0 Å². The lowest BCUT2D eigenvalue weighted by Crippen LogP contribution is -2.25.